The second-order valence-electron chi connectivity index (χ2n) is 7.69. The number of imidazole rings is 1. The van der Waals surface area contributed by atoms with Gasteiger partial charge in [-0.2, -0.15) is 0 Å². The van der Waals surface area contributed by atoms with Gasteiger partial charge in [-0.3, -0.25) is 9.97 Å². The van der Waals surface area contributed by atoms with Gasteiger partial charge in [0.05, 0.1) is 17.4 Å². The van der Waals surface area contributed by atoms with Crippen LogP contribution in [0.15, 0.2) is 49.2 Å². The largest absolute Gasteiger partial charge is 0.345 e. The second-order valence-corrected chi connectivity index (χ2v) is 7.69. The van der Waals surface area contributed by atoms with Gasteiger partial charge in [0.1, 0.15) is 17.0 Å². The molecule has 0 amide bonds. The van der Waals surface area contributed by atoms with Crippen molar-refractivity contribution in [3.05, 3.63) is 60.6 Å². The van der Waals surface area contributed by atoms with E-state index < -0.39 is 0 Å². The monoisotopic (exact) mass is 382 g/mol. The molecule has 144 valence electrons. The summed E-state index contributed by atoms with van der Waals surface area (Å²) in [5, 5.41) is 1.05. The summed E-state index contributed by atoms with van der Waals surface area (Å²) in [4.78, 5) is 21.5. The molecule has 0 saturated carbocycles. The number of hydrogen-bond donors (Lipinski definition) is 1. The molecule has 6 heteroatoms. The third kappa shape index (κ3) is 2.79. The third-order valence-corrected chi connectivity index (χ3v) is 5.43. The van der Waals surface area contributed by atoms with Gasteiger partial charge in [-0.15, -0.1) is 0 Å². The first-order valence-electron chi connectivity index (χ1n) is 9.76. The van der Waals surface area contributed by atoms with E-state index in [1.54, 1.807) is 0 Å². The third-order valence-electron chi connectivity index (χ3n) is 5.43. The lowest BCUT2D eigenvalue weighted by Gasteiger charge is -2.11. The van der Waals surface area contributed by atoms with Crippen LogP contribution in [0.2, 0.25) is 0 Å². The molecule has 5 rings (SSSR count). The number of pyridine rings is 3. The van der Waals surface area contributed by atoms with Crippen LogP contribution in [0.1, 0.15) is 31.3 Å². The molecule has 0 spiro atoms. The average Bonchev–Trinajstić information content (AvgIpc) is 3.27. The highest BCUT2D eigenvalue weighted by atomic mass is 15.1. The molecule has 29 heavy (non-hydrogen) atoms. The quantitative estimate of drug-likeness (QED) is 0.463. The van der Waals surface area contributed by atoms with Crippen LogP contribution in [-0.2, 0) is 0 Å². The van der Waals surface area contributed by atoms with Crippen LogP contribution in [0.25, 0.3) is 44.5 Å². The van der Waals surface area contributed by atoms with Crippen molar-refractivity contribution in [1.29, 1.82) is 0 Å². The van der Waals surface area contributed by atoms with Gasteiger partial charge < -0.3 is 9.55 Å². The maximum Gasteiger partial charge on any atom is 0.137 e. The van der Waals surface area contributed by atoms with E-state index in [4.69, 9.17) is 4.98 Å². The Morgan fingerprint density at radius 1 is 1.00 bits per heavy atom. The zero-order chi connectivity index (χ0) is 20.1. The lowest BCUT2D eigenvalue weighted by molar-refractivity contribution is 0.600. The first-order valence-corrected chi connectivity index (χ1v) is 9.76. The van der Waals surface area contributed by atoms with E-state index in [0.717, 1.165) is 50.3 Å². The zero-order valence-corrected chi connectivity index (χ0v) is 16.9. The van der Waals surface area contributed by atoms with E-state index in [2.05, 4.69) is 57.4 Å². The first-order chi connectivity index (χ1) is 14.0. The number of fused-ring (bicyclic) bond motifs is 2. The van der Waals surface area contributed by atoms with Gasteiger partial charge in [0.2, 0.25) is 0 Å². The molecule has 0 aliphatic rings. The van der Waals surface area contributed by atoms with E-state index in [1.807, 2.05) is 44.0 Å². The highest BCUT2D eigenvalue weighted by Gasteiger charge is 2.15. The van der Waals surface area contributed by atoms with Gasteiger partial charge in [-0.05, 0) is 51.5 Å². The summed E-state index contributed by atoms with van der Waals surface area (Å²) in [5.41, 5.74) is 8.13. The Balaban J connectivity index is 1.70. The van der Waals surface area contributed by atoms with Crippen molar-refractivity contribution in [3.63, 3.8) is 0 Å². The second kappa shape index (κ2) is 6.51. The van der Waals surface area contributed by atoms with Crippen molar-refractivity contribution in [3.8, 4) is 22.4 Å². The number of aromatic amines is 1. The van der Waals surface area contributed by atoms with Gasteiger partial charge in [0.25, 0.3) is 0 Å². The zero-order valence-electron chi connectivity index (χ0n) is 16.9. The SMILES string of the molecule is Cc1ccncc1-c1cnc2[nH]cc(-c3cc4c(cn3)nc(C)n4C(C)C)c2c1. The average molecular weight is 382 g/mol. The van der Waals surface area contributed by atoms with Crippen molar-refractivity contribution < 1.29 is 0 Å². The van der Waals surface area contributed by atoms with Gasteiger partial charge >= 0.3 is 0 Å². The Hall–Kier alpha value is -3.54. The molecule has 0 aliphatic heterocycles. The van der Waals surface area contributed by atoms with Crippen LogP contribution in [0.5, 0.6) is 0 Å². The molecule has 0 atom stereocenters. The number of hydrogen-bond acceptors (Lipinski definition) is 4. The van der Waals surface area contributed by atoms with Crippen LogP contribution in [-0.4, -0.2) is 29.5 Å². The summed E-state index contributed by atoms with van der Waals surface area (Å²) < 4.78 is 2.25. The van der Waals surface area contributed by atoms with Crippen molar-refractivity contribution in [2.45, 2.75) is 33.7 Å². The Kier molecular flexibility index (Phi) is 3.94. The first kappa shape index (κ1) is 17.6. The predicted molar refractivity (Wildman–Crippen MR) is 116 cm³/mol. The maximum absolute atomic E-state index is 4.70. The summed E-state index contributed by atoms with van der Waals surface area (Å²) in [7, 11) is 0. The number of nitrogens with one attached hydrogen (secondary N) is 1. The molecule has 0 radical (unpaired) electrons. The number of H-pyrrole nitrogens is 1. The molecule has 0 aliphatic carbocycles. The minimum absolute atomic E-state index is 0.333. The Labute approximate surface area is 168 Å². The minimum atomic E-state index is 0.333. The van der Waals surface area contributed by atoms with Crippen LogP contribution in [0, 0.1) is 13.8 Å². The molecule has 0 unspecified atom stereocenters. The fourth-order valence-electron chi connectivity index (χ4n) is 4.05. The van der Waals surface area contributed by atoms with Gasteiger partial charge in [-0.1, -0.05) is 0 Å². The van der Waals surface area contributed by atoms with E-state index in [1.165, 1.54) is 5.56 Å². The smallest absolute Gasteiger partial charge is 0.137 e. The van der Waals surface area contributed by atoms with Gasteiger partial charge in [0, 0.05) is 52.9 Å². The topological polar surface area (TPSA) is 72.3 Å². The predicted octanol–water partition coefficient (Wildman–Crippen LogP) is 5.23. The molecule has 0 fully saturated rings. The summed E-state index contributed by atoms with van der Waals surface area (Å²) >= 11 is 0. The fourth-order valence-corrected chi connectivity index (χ4v) is 4.05. The van der Waals surface area contributed by atoms with Crippen molar-refractivity contribution in [2.24, 2.45) is 0 Å². The number of rotatable bonds is 3. The van der Waals surface area contributed by atoms with Crippen molar-refractivity contribution in [2.75, 3.05) is 0 Å². The molecule has 0 saturated heterocycles. The van der Waals surface area contributed by atoms with Gasteiger partial charge in [0.15, 0.2) is 0 Å². The number of nitrogens with zero attached hydrogens (tertiary/aromatic N) is 5. The van der Waals surface area contributed by atoms with Gasteiger partial charge in [-0.25, -0.2) is 9.97 Å². The summed E-state index contributed by atoms with van der Waals surface area (Å²) in [6.45, 7) is 8.47. The fraction of sp³-hybridized carbons (Fsp3) is 0.217. The molecule has 6 nitrogen and oxygen atoms in total. The minimum Gasteiger partial charge on any atom is -0.345 e. The molecule has 1 N–H and O–H groups in total. The standard InChI is InChI=1S/C23H22N6/c1-13(2)29-15(4)28-21-12-25-20(8-22(21)29)19-11-27-23-17(19)7-16(9-26-23)18-10-24-6-5-14(18)3/h5-13H,1-4H3,(H,26,27). The Morgan fingerprint density at radius 3 is 2.66 bits per heavy atom. The van der Waals surface area contributed by atoms with Crippen LogP contribution in [0.4, 0.5) is 0 Å². The molecule has 0 aromatic carbocycles. The van der Waals surface area contributed by atoms with Crippen molar-refractivity contribution in [1.82, 2.24) is 29.5 Å². The highest BCUT2D eigenvalue weighted by Crippen LogP contribution is 2.32. The molecule has 5 heterocycles. The highest BCUT2D eigenvalue weighted by molar-refractivity contribution is 5.96. The van der Waals surface area contributed by atoms with E-state index in [0.29, 0.717) is 6.04 Å². The molecule has 0 bridgehead atoms. The normalized spacial score (nSPS) is 11.8. The summed E-state index contributed by atoms with van der Waals surface area (Å²) in [6, 6.07) is 6.64. The Bertz CT molecular complexity index is 1360. The number of aromatic nitrogens is 6. The molecule has 5 aromatic heterocycles. The van der Waals surface area contributed by atoms with E-state index in [9.17, 15) is 0 Å². The molecular formula is C23H22N6. The summed E-state index contributed by atoms with van der Waals surface area (Å²) in [5.74, 6) is 1.00. The molecule has 5 aromatic rings. The van der Waals surface area contributed by atoms with Crippen LogP contribution >= 0.6 is 0 Å². The van der Waals surface area contributed by atoms with E-state index in [-0.39, 0.29) is 0 Å². The summed E-state index contributed by atoms with van der Waals surface area (Å²) in [6.07, 6.45) is 9.43. The molecular weight excluding hydrogens is 360 g/mol. The lowest BCUT2D eigenvalue weighted by Crippen LogP contribution is -2.02. The van der Waals surface area contributed by atoms with Crippen LogP contribution < -0.4 is 0 Å². The number of aryl methyl sites for hydroxylation is 2. The maximum atomic E-state index is 4.70. The van der Waals surface area contributed by atoms with E-state index >= 15 is 0 Å². The van der Waals surface area contributed by atoms with Crippen molar-refractivity contribution >= 4 is 22.1 Å². The Morgan fingerprint density at radius 2 is 1.86 bits per heavy atom. The lowest BCUT2D eigenvalue weighted by atomic mass is 10.0. The van der Waals surface area contributed by atoms with Crippen LogP contribution in [0.3, 0.4) is 0 Å².